The smallest absolute Gasteiger partial charge is 0.338 e. The predicted octanol–water partition coefficient (Wildman–Crippen LogP) is 1.80. The average Bonchev–Trinajstić information content (AvgIpc) is 3.02. The lowest BCUT2D eigenvalue weighted by molar-refractivity contribution is 0.0526. The van der Waals surface area contributed by atoms with Gasteiger partial charge in [-0.25, -0.2) is 4.79 Å². The summed E-state index contributed by atoms with van der Waals surface area (Å²) in [5.41, 5.74) is 2.14. The zero-order valence-corrected chi connectivity index (χ0v) is 11.2. The normalized spacial score (nSPS) is 9.30. The van der Waals surface area contributed by atoms with Crippen LogP contribution in [-0.4, -0.2) is 33.1 Å². The number of aromatic amines is 1. The van der Waals surface area contributed by atoms with Gasteiger partial charge in [-0.1, -0.05) is 24.8 Å². The highest BCUT2D eigenvalue weighted by molar-refractivity contribution is 5.89. The molecule has 2 rings (SSSR count). The van der Waals surface area contributed by atoms with Gasteiger partial charge in [0.15, 0.2) is 0 Å². The molecule has 0 saturated heterocycles. The molecule has 1 aromatic carbocycles. The van der Waals surface area contributed by atoms with Crippen LogP contribution in [0.15, 0.2) is 37.0 Å². The second-order valence-corrected chi connectivity index (χ2v) is 3.67. The van der Waals surface area contributed by atoms with Crippen molar-refractivity contribution in [2.45, 2.75) is 13.5 Å². The number of aliphatic hydroxyl groups excluding tert-OH is 1. The summed E-state index contributed by atoms with van der Waals surface area (Å²) >= 11 is 0. The number of carbonyl (C=O) groups excluding carboxylic acids is 1. The second-order valence-electron chi connectivity index (χ2n) is 3.67. The Morgan fingerprint density at radius 3 is 2.55 bits per heavy atom. The van der Waals surface area contributed by atoms with Crippen LogP contribution >= 0.6 is 0 Å². The van der Waals surface area contributed by atoms with Crippen LogP contribution in [0.1, 0.15) is 28.5 Å². The number of hydrogen-bond acceptors (Lipinski definition) is 5. The lowest BCUT2D eigenvalue weighted by Gasteiger charge is -2.01. The monoisotopic (exact) mass is 275 g/mol. The summed E-state index contributed by atoms with van der Waals surface area (Å²) in [6, 6.07) is 7.13. The largest absolute Gasteiger partial charge is 0.462 e. The van der Waals surface area contributed by atoms with Crippen molar-refractivity contribution < 1.29 is 14.6 Å². The number of benzene rings is 1. The molecule has 2 aromatic rings. The fraction of sp³-hybridized carbons (Fsp3) is 0.214. The lowest BCUT2D eigenvalue weighted by atomic mass is 10.1. The molecule has 0 atom stereocenters. The summed E-state index contributed by atoms with van der Waals surface area (Å²) in [4.78, 5) is 11.2. The number of ether oxygens (including phenoxy) is 1. The molecular formula is C14H17N3O3. The Morgan fingerprint density at radius 2 is 2.15 bits per heavy atom. The minimum Gasteiger partial charge on any atom is -0.462 e. The summed E-state index contributed by atoms with van der Waals surface area (Å²) in [7, 11) is 0. The van der Waals surface area contributed by atoms with Crippen LogP contribution < -0.4 is 0 Å². The summed E-state index contributed by atoms with van der Waals surface area (Å²) < 4.78 is 4.84. The Labute approximate surface area is 117 Å². The van der Waals surface area contributed by atoms with E-state index in [9.17, 15) is 4.79 Å². The van der Waals surface area contributed by atoms with Crippen LogP contribution in [0.25, 0.3) is 6.08 Å². The molecule has 0 saturated carbocycles. The third-order valence-electron chi connectivity index (χ3n) is 2.28. The highest BCUT2D eigenvalue weighted by Gasteiger charge is 2.03. The zero-order chi connectivity index (χ0) is 14.8. The highest BCUT2D eigenvalue weighted by Crippen LogP contribution is 2.06. The molecule has 1 heterocycles. The van der Waals surface area contributed by atoms with E-state index in [2.05, 4.69) is 22.0 Å². The van der Waals surface area contributed by atoms with Crippen LogP contribution in [0.5, 0.6) is 0 Å². The van der Waals surface area contributed by atoms with Crippen molar-refractivity contribution in [3.05, 3.63) is 53.9 Å². The number of aliphatic hydroxyl groups is 1. The van der Waals surface area contributed by atoms with Gasteiger partial charge in [0.2, 0.25) is 0 Å². The molecule has 0 fully saturated rings. The summed E-state index contributed by atoms with van der Waals surface area (Å²) in [5, 5.41) is 17.7. The van der Waals surface area contributed by atoms with Gasteiger partial charge in [0.25, 0.3) is 0 Å². The molecule has 0 amide bonds. The van der Waals surface area contributed by atoms with Gasteiger partial charge in [-0.05, 0) is 24.6 Å². The minimum absolute atomic E-state index is 0.0451. The van der Waals surface area contributed by atoms with Gasteiger partial charge in [0.1, 0.15) is 5.69 Å². The van der Waals surface area contributed by atoms with Crippen molar-refractivity contribution in [3.8, 4) is 0 Å². The predicted molar refractivity (Wildman–Crippen MR) is 74.8 cm³/mol. The highest BCUT2D eigenvalue weighted by atomic mass is 16.5. The van der Waals surface area contributed by atoms with E-state index in [1.54, 1.807) is 25.1 Å². The van der Waals surface area contributed by atoms with Crippen molar-refractivity contribution >= 4 is 12.0 Å². The first-order valence-corrected chi connectivity index (χ1v) is 6.06. The Bertz CT molecular complexity index is 521. The number of hydrogen-bond donors (Lipinski definition) is 2. The molecule has 20 heavy (non-hydrogen) atoms. The summed E-state index contributed by atoms with van der Waals surface area (Å²) in [6.45, 7) is 5.77. The molecule has 0 spiro atoms. The summed E-state index contributed by atoms with van der Waals surface area (Å²) in [6.07, 6.45) is 3.20. The van der Waals surface area contributed by atoms with E-state index in [0.29, 0.717) is 17.9 Å². The number of H-pyrrole nitrogens is 1. The summed E-state index contributed by atoms with van der Waals surface area (Å²) in [5.74, 6) is -0.280. The van der Waals surface area contributed by atoms with Gasteiger partial charge in [-0.15, -0.1) is 0 Å². The first-order chi connectivity index (χ1) is 9.71. The average molecular weight is 275 g/mol. The third-order valence-corrected chi connectivity index (χ3v) is 2.28. The molecule has 0 unspecified atom stereocenters. The van der Waals surface area contributed by atoms with Gasteiger partial charge in [-0.3, -0.25) is 0 Å². The molecule has 0 aliphatic rings. The van der Waals surface area contributed by atoms with Gasteiger partial charge in [0, 0.05) is 0 Å². The fourth-order valence-corrected chi connectivity index (χ4v) is 1.27. The zero-order valence-electron chi connectivity index (χ0n) is 11.2. The molecule has 0 radical (unpaired) electrons. The number of carbonyl (C=O) groups is 1. The molecule has 2 N–H and O–H groups in total. The molecule has 0 aliphatic heterocycles. The number of aromatic nitrogens is 3. The fourth-order valence-electron chi connectivity index (χ4n) is 1.27. The number of nitrogens with zero attached hydrogens (tertiary/aromatic N) is 2. The Hall–Kier alpha value is -2.47. The Morgan fingerprint density at radius 1 is 1.45 bits per heavy atom. The number of esters is 1. The van der Waals surface area contributed by atoms with E-state index in [4.69, 9.17) is 9.84 Å². The Kier molecular flexibility index (Phi) is 6.70. The molecule has 6 nitrogen and oxygen atoms in total. The van der Waals surface area contributed by atoms with Crippen molar-refractivity contribution in [1.29, 1.82) is 0 Å². The quantitative estimate of drug-likeness (QED) is 0.831. The lowest BCUT2D eigenvalue weighted by Crippen LogP contribution is -2.03. The maximum Gasteiger partial charge on any atom is 0.338 e. The van der Waals surface area contributed by atoms with Crippen LogP contribution in [0.3, 0.4) is 0 Å². The molecule has 0 aliphatic carbocycles. The molecule has 106 valence electrons. The number of rotatable bonds is 4. The van der Waals surface area contributed by atoms with Crippen molar-refractivity contribution in [1.82, 2.24) is 15.4 Å². The van der Waals surface area contributed by atoms with E-state index in [1.807, 2.05) is 12.1 Å². The maximum atomic E-state index is 11.2. The van der Waals surface area contributed by atoms with Crippen molar-refractivity contribution in [2.24, 2.45) is 0 Å². The van der Waals surface area contributed by atoms with Crippen LogP contribution in [-0.2, 0) is 11.3 Å². The first kappa shape index (κ1) is 15.6. The first-order valence-electron chi connectivity index (χ1n) is 6.06. The van der Waals surface area contributed by atoms with E-state index < -0.39 is 0 Å². The van der Waals surface area contributed by atoms with E-state index >= 15 is 0 Å². The molecule has 6 heteroatoms. The SMILES string of the molecule is C=Cc1ccc(C(=O)OCC)cc1.OCc1cn[nH]n1. The van der Waals surface area contributed by atoms with Crippen molar-refractivity contribution in [3.63, 3.8) is 0 Å². The van der Waals surface area contributed by atoms with Crippen molar-refractivity contribution in [2.75, 3.05) is 6.61 Å². The number of nitrogens with one attached hydrogen (secondary N) is 1. The van der Waals surface area contributed by atoms with Gasteiger partial charge >= 0.3 is 5.97 Å². The van der Waals surface area contributed by atoms with E-state index in [-0.39, 0.29) is 12.6 Å². The standard InChI is InChI=1S/C11H12O2.C3H5N3O/c1-3-9-5-7-10(8-6-9)11(12)13-4-2;7-2-3-1-4-6-5-3/h3,5-8H,1,4H2,2H3;1,7H,2H2,(H,4,5,6). The van der Waals surface area contributed by atoms with Crippen LogP contribution in [0.4, 0.5) is 0 Å². The molecular weight excluding hydrogens is 258 g/mol. The van der Waals surface area contributed by atoms with Gasteiger partial charge < -0.3 is 9.84 Å². The Balaban J connectivity index is 0.000000240. The topological polar surface area (TPSA) is 88.1 Å². The van der Waals surface area contributed by atoms with Crippen LogP contribution in [0, 0.1) is 0 Å². The second kappa shape index (κ2) is 8.60. The van der Waals surface area contributed by atoms with Crippen LogP contribution in [0.2, 0.25) is 0 Å². The van der Waals surface area contributed by atoms with E-state index in [0.717, 1.165) is 5.56 Å². The molecule has 1 aromatic heterocycles. The molecule has 0 bridgehead atoms. The van der Waals surface area contributed by atoms with Gasteiger partial charge in [-0.2, -0.15) is 15.4 Å². The minimum atomic E-state index is -0.280. The van der Waals surface area contributed by atoms with Gasteiger partial charge in [0.05, 0.1) is 25.0 Å². The maximum absolute atomic E-state index is 11.2. The van der Waals surface area contributed by atoms with E-state index in [1.165, 1.54) is 6.20 Å². The third kappa shape index (κ3) is 5.03.